The van der Waals surface area contributed by atoms with Gasteiger partial charge in [-0.15, -0.1) is 0 Å². The quantitative estimate of drug-likeness (QED) is 0.702. The molecule has 140 valence electrons. The average Bonchev–Trinajstić information content (AvgIpc) is 2.52. The number of benzene rings is 2. The third kappa shape index (κ3) is 3.96. The van der Waals surface area contributed by atoms with Gasteiger partial charge in [-0.1, -0.05) is 44.2 Å². The summed E-state index contributed by atoms with van der Waals surface area (Å²) in [5, 5.41) is 0. The van der Waals surface area contributed by atoms with Gasteiger partial charge in [0.1, 0.15) is 11.6 Å². The Morgan fingerprint density at radius 1 is 1.12 bits per heavy atom. The molecule has 26 heavy (non-hydrogen) atoms. The van der Waals surface area contributed by atoms with Gasteiger partial charge in [-0.3, -0.25) is 4.31 Å². The normalized spacial score (nSPS) is 11.7. The average molecular weight is 379 g/mol. The molecule has 2 aromatic rings. The lowest BCUT2D eigenvalue weighted by atomic mass is 10.1. The second-order valence-corrected chi connectivity index (χ2v) is 8.59. The molecular weight excluding hydrogens is 356 g/mol. The van der Waals surface area contributed by atoms with E-state index < -0.39 is 26.6 Å². The number of rotatable bonds is 6. The predicted molar refractivity (Wildman–Crippen MR) is 102 cm³/mol. The highest BCUT2D eigenvalue weighted by Crippen LogP contribution is 2.30. The minimum Gasteiger partial charge on any atom is -0.266 e. The van der Waals surface area contributed by atoms with Crippen molar-refractivity contribution < 1.29 is 17.2 Å². The van der Waals surface area contributed by atoms with Crippen LogP contribution < -0.4 is 4.31 Å². The molecule has 0 N–H and O–H groups in total. The minimum absolute atomic E-state index is 0.0209. The largest absolute Gasteiger partial charge is 0.266 e. The van der Waals surface area contributed by atoms with Gasteiger partial charge in [-0.2, -0.15) is 0 Å². The number of nitrogens with zero attached hydrogens (tertiary/aromatic N) is 1. The molecule has 0 unspecified atom stereocenters. The summed E-state index contributed by atoms with van der Waals surface area (Å²) < 4.78 is 55.8. The van der Waals surface area contributed by atoms with E-state index in [1.54, 1.807) is 6.07 Å². The highest BCUT2D eigenvalue weighted by atomic mass is 32.2. The molecule has 0 amide bonds. The van der Waals surface area contributed by atoms with Gasteiger partial charge >= 0.3 is 0 Å². The zero-order valence-electron chi connectivity index (χ0n) is 15.4. The third-order valence-electron chi connectivity index (χ3n) is 4.00. The van der Waals surface area contributed by atoms with Gasteiger partial charge in [0.05, 0.1) is 10.6 Å². The van der Waals surface area contributed by atoms with Gasteiger partial charge in [0.25, 0.3) is 10.0 Å². The molecule has 3 nitrogen and oxygen atoms in total. The number of aryl methyl sites for hydroxylation is 2. The molecular formula is C20H23F2NO2S. The van der Waals surface area contributed by atoms with Crippen LogP contribution in [0.2, 0.25) is 0 Å². The monoisotopic (exact) mass is 379 g/mol. The molecule has 0 radical (unpaired) electrons. The van der Waals surface area contributed by atoms with Crippen LogP contribution in [0, 0.1) is 31.4 Å². The van der Waals surface area contributed by atoms with Crippen molar-refractivity contribution in [3.63, 3.8) is 0 Å². The summed E-state index contributed by atoms with van der Waals surface area (Å²) in [4.78, 5) is -0.418. The van der Waals surface area contributed by atoms with Crippen molar-refractivity contribution in [2.24, 2.45) is 5.92 Å². The topological polar surface area (TPSA) is 37.4 Å². The fraction of sp³-hybridized carbons (Fsp3) is 0.300. The van der Waals surface area contributed by atoms with Crippen molar-refractivity contribution in [1.29, 1.82) is 0 Å². The van der Waals surface area contributed by atoms with Gasteiger partial charge in [-0.05, 0) is 43.5 Å². The maximum absolute atomic E-state index is 14.1. The maximum Gasteiger partial charge on any atom is 0.264 e. The van der Waals surface area contributed by atoms with Crippen LogP contribution in [0.25, 0.3) is 6.08 Å². The van der Waals surface area contributed by atoms with Crippen molar-refractivity contribution in [2.45, 2.75) is 32.6 Å². The Hall–Kier alpha value is -2.21. The number of halogens is 2. The molecule has 0 heterocycles. The fourth-order valence-corrected chi connectivity index (χ4v) is 4.49. The molecule has 2 aromatic carbocycles. The first-order chi connectivity index (χ1) is 12.1. The number of hydrogen-bond donors (Lipinski definition) is 0. The van der Waals surface area contributed by atoms with E-state index in [-0.39, 0.29) is 18.0 Å². The zero-order chi connectivity index (χ0) is 19.6. The van der Waals surface area contributed by atoms with Crippen LogP contribution in [-0.2, 0) is 10.0 Å². The van der Waals surface area contributed by atoms with Crippen LogP contribution in [0.4, 0.5) is 14.5 Å². The number of sulfonamides is 1. The summed E-state index contributed by atoms with van der Waals surface area (Å²) in [6, 6.07) is 7.08. The Morgan fingerprint density at radius 3 is 2.15 bits per heavy atom. The van der Waals surface area contributed by atoms with Gasteiger partial charge in [0.2, 0.25) is 0 Å². The Balaban J connectivity index is 2.65. The molecule has 0 saturated carbocycles. The lowest BCUT2D eigenvalue weighted by Crippen LogP contribution is -2.35. The van der Waals surface area contributed by atoms with Crippen LogP contribution in [0.1, 0.15) is 30.5 Å². The first kappa shape index (κ1) is 20.1. The predicted octanol–water partition coefficient (Wildman–Crippen LogP) is 5.08. The van der Waals surface area contributed by atoms with Gasteiger partial charge < -0.3 is 0 Å². The Morgan fingerprint density at radius 2 is 1.69 bits per heavy atom. The molecule has 0 fully saturated rings. The van der Waals surface area contributed by atoms with E-state index in [1.165, 1.54) is 4.31 Å². The lowest BCUT2D eigenvalue weighted by Gasteiger charge is -2.28. The van der Waals surface area contributed by atoms with E-state index in [0.29, 0.717) is 5.69 Å². The van der Waals surface area contributed by atoms with Crippen LogP contribution in [0.3, 0.4) is 0 Å². The maximum atomic E-state index is 14.1. The van der Waals surface area contributed by atoms with E-state index in [4.69, 9.17) is 0 Å². The van der Waals surface area contributed by atoms with Gasteiger partial charge in [0, 0.05) is 12.1 Å². The van der Waals surface area contributed by atoms with Gasteiger partial charge in [0.15, 0.2) is 0 Å². The molecule has 0 bridgehead atoms. The smallest absolute Gasteiger partial charge is 0.264 e. The summed E-state index contributed by atoms with van der Waals surface area (Å²) in [5.74, 6) is -1.89. The van der Waals surface area contributed by atoms with E-state index in [1.807, 2.05) is 39.8 Å². The zero-order valence-corrected chi connectivity index (χ0v) is 16.2. The molecule has 0 aromatic heterocycles. The van der Waals surface area contributed by atoms with Crippen LogP contribution in [0.5, 0.6) is 0 Å². The minimum atomic E-state index is -4.14. The molecule has 0 aliphatic carbocycles. The standard InChI is InChI=1S/C20H23F2NO2S/c1-6-17-18(21)10-16(11-19(17)22)26(24,25)23(12-13(2)3)20-8-7-14(4)9-15(20)5/h6-11,13H,1,12H2,2-5H3. The molecule has 0 spiro atoms. The van der Waals surface area contributed by atoms with Crippen LogP contribution >= 0.6 is 0 Å². The molecule has 2 rings (SSSR count). The first-order valence-electron chi connectivity index (χ1n) is 8.29. The summed E-state index contributed by atoms with van der Waals surface area (Å²) in [6.07, 6.45) is 1.02. The highest BCUT2D eigenvalue weighted by Gasteiger charge is 2.28. The second kappa shape index (κ2) is 7.58. The van der Waals surface area contributed by atoms with Crippen molar-refractivity contribution >= 4 is 21.8 Å². The van der Waals surface area contributed by atoms with Crippen molar-refractivity contribution in [3.05, 3.63) is 65.2 Å². The third-order valence-corrected chi connectivity index (χ3v) is 5.75. The van der Waals surface area contributed by atoms with Crippen molar-refractivity contribution in [1.82, 2.24) is 0 Å². The van der Waals surface area contributed by atoms with E-state index in [9.17, 15) is 17.2 Å². The van der Waals surface area contributed by atoms with E-state index >= 15 is 0 Å². The van der Waals surface area contributed by atoms with Crippen molar-refractivity contribution in [2.75, 3.05) is 10.8 Å². The van der Waals surface area contributed by atoms with Gasteiger partial charge in [-0.25, -0.2) is 17.2 Å². The fourth-order valence-electron chi connectivity index (χ4n) is 2.78. The Labute approximate surface area is 154 Å². The summed E-state index contributed by atoms with van der Waals surface area (Å²) >= 11 is 0. The number of anilines is 1. The Bertz CT molecular complexity index is 914. The summed E-state index contributed by atoms with van der Waals surface area (Å²) in [7, 11) is -4.14. The highest BCUT2D eigenvalue weighted by molar-refractivity contribution is 7.92. The van der Waals surface area contributed by atoms with E-state index in [2.05, 4.69) is 6.58 Å². The van der Waals surface area contributed by atoms with E-state index in [0.717, 1.165) is 29.3 Å². The molecule has 0 aliphatic heterocycles. The molecule has 0 saturated heterocycles. The molecule has 6 heteroatoms. The SMILES string of the molecule is C=Cc1c(F)cc(S(=O)(=O)N(CC(C)C)c2ccc(C)cc2C)cc1F. The van der Waals surface area contributed by atoms with Crippen LogP contribution in [0.15, 0.2) is 41.8 Å². The molecule has 0 atom stereocenters. The number of hydrogen-bond acceptors (Lipinski definition) is 2. The molecule has 0 aliphatic rings. The van der Waals surface area contributed by atoms with Crippen LogP contribution in [-0.4, -0.2) is 15.0 Å². The van der Waals surface area contributed by atoms with Crippen molar-refractivity contribution in [3.8, 4) is 0 Å². The Kier molecular flexibility index (Phi) is 5.86. The lowest BCUT2D eigenvalue weighted by molar-refractivity contribution is 0.558. The first-order valence-corrected chi connectivity index (χ1v) is 9.73. The second-order valence-electron chi connectivity index (χ2n) is 6.72. The summed E-state index contributed by atoms with van der Waals surface area (Å²) in [5.41, 5.74) is 1.93. The summed E-state index contributed by atoms with van der Waals surface area (Å²) in [6.45, 7) is 11.0.